The standard InChI is InChI=1S/C15H14F3N3OS/c1-9(2)13-20-21-14(23-13)19-12(22)8-5-10-3-6-11(7-4-10)15(16,17)18/h3-9H,1-2H3,(H,19,21,22)/b8-5+. The minimum atomic E-state index is -4.37. The number of amides is 1. The fourth-order valence-electron chi connectivity index (χ4n) is 1.62. The van der Waals surface area contributed by atoms with Crippen LogP contribution < -0.4 is 5.32 Å². The first-order valence-electron chi connectivity index (χ1n) is 6.75. The summed E-state index contributed by atoms with van der Waals surface area (Å²) in [7, 11) is 0. The molecule has 0 bridgehead atoms. The van der Waals surface area contributed by atoms with Gasteiger partial charge in [0.25, 0.3) is 0 Å². The molecule has 23 heavy (non-hydrogen) atoms. The number of anilines is 1. The molecule has 0 unspecified atom stereocenters. The number of alkyl halides is 3. The van der Waals surface area contributed by atoms with Crippen LogP contribution in [0.15, 0.2) is 30.3 Å². The molecule has 4 nitrogen and oxygen atoms in total. The molecule has 2 aromatic rings. The molecule has 2 rings (SSSR count). The molecule has 1 aromatic carbocycles. The minimum Gasteiger partial charge on any atom is -0.297 e. The van der Waals surface area contributed by atoms with Gasteiger partial charge in [-0.2, -0.15) is 13.2 Å². The van der Waals surface area contributed by atoms with Gasteiger partial charge in [-0.05, 0) is 23.8 Å². The lowest BCUT2D eigenvalue weighted by molar-refractivity contribution is -0.137. The fourth-order valence-corrected chi connectivity index (χ4v) is 2.37. The fraction of sp³-hybridized carbons (Fsp3) is 0.267. The second kappa shape index (κ2) is 6.91. The van der Waals surface area contributed by atoms with Gasteiger partial charge in [0, 0.05) is 12.0 Å². The number of hydrogen-bond donors (Lipinski definition) is 1. The van der Waals surface area contributed by atoms with Crippen LogP contribution in [0.3, 0.4) is 0 Å². The first-order chi connectivity index (χ1) is 10.8. The molecule has 0 aliphatic carbocycles. The lowest BCUT2D eigenvalue weighted by Gasteiger charge is -2.05. The maximum absolute atomic E-state index is 12.4. The van der Waals surface area contributed by atoms with E-state index in [0.29, 0.717) is 10.7 Å². The summed E-state index contributed by atoms with van der Waals surface area (Å²) in [5, 5.41) is 11.6. The highest BCUT2D eigenvalue weighted by Gasteiger charge is 2.29. The van der Waals surface area contributed by atoms with Gasteiger partial charge in [-0.15, -0.1) is 10.2 Å². The Morgan fingerprint density at radius 2 is 1.87 bits per heavy atom. The van der Waals surface area contributed by atoms with E-state index in [1.165, 1.54) is 35.6 Å². The Kier molecular flexibility index (Phi) is 5.15. The van der Waals surface area contributed by atoms with E-state index in [1.54, 1.807) is 0 Å². The highest BCUT2D eigenvalue weighted by atomic mass is 32.1. The summed E-state index contributed by atoms with van der Waals surface area (Å²) in [5.41, 5.74) is -0.234. The zero-order valence-electron chi connectivity index (χ0n) is 12.4. The van der Waals surface area contributed by atoms with Gasteiger partial charge in [-0.25, -0.2) is 0 Å². The monoisotopic (exact) mass is 341 g/mol. The zero-order chi connectivity index (χ0) is 17.0. The van der Waals surface area contributed by atoms with Crippen molar-refractivity contribution in [2.24, 2.45) is 0 Å². The molecule has 0 saturated carbocycles. The molecular weight excluding hydrogens is 327 g/mol. The smallest absolute Gasteiger partial charge is 0.297 e. The first-order valence-corrected chi connectivity index (χ1v) is 7.57. The Labute approximate surface area is 135 Å². The second-order valence-corrected chi connectivity index (χ2v) is 6.05. The molecule has 1 heterocycles. The Hall–Kier alpha value is -2.22. The van der Waals surface area contributed by atoms with Gasteiger partial charge in [0.1, 0.15) is 5.01 Å². The third kappa shape index (κ3) is 4.88. The van der Waals surface area contributed by atoms with E-state index in [9.17, 15) is 18.0 Å². The van der Waals surface area contributed by atoms with Gasteiger partial charge in [0.2, 0.25) is 11.0 Å². The summed E-state index contributed by atoms with van der Waals surface area (Å²) in [6, 6.07) is 4.54. The van der Waals surface area contributed by atoms with Crippen LogP contribution in [0.4, 0.5) is 18.3 Å². The van der Waals surface area contributed by atoms with Crippen molar-refractivity contribution in [3.63, 3.8) is 0 Å². The summed E-state index contributed by atoms with van der Waals surface area (Å²) in [5.74, 6) is -0.197. The van der Waals surface area contributed by atoms with E-state index in [1.807, 2.05) is 13.8 Å². The maximum atomic E-state index is 12.4. The molecule has 1 amide bonds. The molecule has 0 aliphatic heterocycles. The molecule has 122 valence electrons. The van der Waals surface area contributed by atoms with Crippen LogP contribution in [-0.2, 0) is 11.0 Å². The summed E-state index contributed by atoms with van der Waals surface area (Å²) >= 11 is 1.28. The molecule has 0 atom stereocenters. The second-order valence-electron chi connectivity index (χ2n) is 5.04. The Balaban J connectivity index is 1.97. The molecule has 0 aliphatic rings. The third-order valence-corrected chi connectivity index (χ3v) is 3.97. The average Bonchev–Trinajstić information content (AvgIpc) is 2.93. The Morgan fingerprint density at radius 3 is 2.39 bits per heavy atom. The van der Waals surface area contributed by atoms with E-state index in [4.69, 9.17) is 0 Å². The largest absolute Gasteiger partial charge is 0.416 e. The van der Waals surface area contributed by atoms with Crippen LogP contribution >= 0.6 is 11.3 Å². The van der Waals surface area contributed by atoms with Crippen molar-refractivity contribution in [2.75, 3.05) is 5.32 Å². The van der Waals surface area contributed by atoms with E-state index in [-0.39, 0.29) is 5.92 Å². The number of nitrogens with one attached hydrogen (secondary N) is 1. The number of rotatable bonds is 4. The number of hydrogen-bond acceptors (Lipinski definition) is 4. The Bertz CT molecular complexity index is 706. The number of nitrogens with zero attached hydrogens (tertiary/aromatic N) is 2. The van der Waals surface area contributed by atoms with Crippen molar-refractivity contribution in [1.29, 1.82) is 0 Å². The van der Waals surface area contributed by atoms with E-state index < -0.39 is 17.6 Å². The molecule has 1 aromatic heterocycles. The minimum absolute atomic E-state index is 0.223. The SMILES string of the molecule is CC(C)c1nnc(NC(=O)/C=C/c2ccc(C(F)(F)F)cc2)s1. The Morgan fingerprint density at radius 1 is 1.22 bits per heavy atom. The third-order valence-electron chi connectivity index (χ3n) is 2.83. The quantitative estimate of drug-likeness (QED) is 0.842. The van der Waals surface area contributed by atoms with Crippen molar-refractivity contribution >= 4 is 28.5 Å². The van der Waals surface area contributed by atoms with Gasteiger partial charge in [0.05, 0.1) is 5.56 Å². The lowest BCUT2D eigenvalue weighted by Crippen LogP contribution is -2.07. The summed E-state index contributed by atoms with van der Waals surface area (Å²) < 4.78 is 37.3. The summed E-state index contributed by atoms with van der Waals surface area (Å²) in [6.45, 7) is 3.94. The molecule has 0 radical (unpaired) electrons. The summed E-state index contributed by atoms with van der Waals surface area (Å²) in [6.07, 6.45) is -1.70. The van der Waals surface area contributed by atoms with Crippen LogP contribution in [0, 0.1) is 0 Å². The maximum Gasteiger partial charge on any atom is 0.416 e. The van der Waals surface area contributed by atoms with Crippen molar-refractivity contribution < 1.29 is 18.0 Å². The van der Waals surface area contributed by atoms with E-state index in [0.717, 1.165) is 17.1 Å². The van der Waals surface area contributed by atoms with Crippen molar-refractivity contribution in [2.45, 2.75) is 25.9 Å². The first kappa shape index (κ1) is 17.1. The van der Waals surface area contributed by atoms with E-state index >= 15 is 0 Å². The molecule has 8 heteroatoms. The highest BCUT2D eigenvalue weighted by Crippen LogP contribution is 2.29. The predicted octanol–water partition coefficient (Wildman–Crippen LogP) is 4.33. The molecular formula is C15H14F3N3OS. The van der Waals surface area contributed by atoms with Crippen molar-refractivity contribution in [1.82, 2.24) is 10.2 Å². The normalized spacial score (nSPS) is 12.1. The van der Waals surface area contributed by atoms with Gasteiger partial charge in [0.15, 0.2) is 0 Å². The number of carbonyl (C=O) groups excluding carboxylic acids is 1. The van der Waals surface area contributed by atoms with Crippen molar-refractivity contribution in [3.05, 3.63) is 46.5 Å². The van der Waals surface area contributed by atoms with Crippen LogP contribution in [0.25, 0.3) is 6.08 Å². The van der Waals surface area contributed by atoms with Crippen LogP contribution in [-0.4, -0.2) is 16.1 Å². The number of aromatic nitrogens is 2. The lowest BCUT2D eigenvalue weighted by atomic mass is 10.1. The number of benzene rings is 1. The van der Waals surface area contributed by atoms with E-state index in [2.05, 4.69) is 15.5 Å². The topological polar surface area (TPSA) is 54.9 Å². The van der Waals surface area contributed by atoms with Crippen LogP contribution in [0.2, 0.25) is 0 Å². The van der Waals surface area contributed by atoms with Crippen LogP contribution in [0.5, 0.6) is 0 Å². The summed E-state index contributed by atoms with van der Waals surface area (Å²) in [4.78, 5) is 11.8. The van der Waals surface area contributed by atoms with Gasteiger partial charge in [-0.3, -0.25) is 10.1 Å². The zero-order valence-corrected chi connectivity index (χ0v) is 13.2. The average molecular weight is 341 g/mol. The molecule has 0 fully saturated rings. The molecule has 0 saturated heterocycles. The van der Waals surface area contributed by atoms with Gasteiger partial charge in [-0.1, -0.05) is 37.3 Å². The van der Waals surface area contributed by atoms with Gasteiger partial charge < -0.3 is 0 Å². The number of halogens is 3. The van der Waals surface area contributed by atoms with Crippen molar-refractivity contribution in [3.8, 4) is 0 Å². The molecule has 0 spiro atoms. The predicted molar refractivity (Wildman–Crippen MR) is 83.1 cm³/mol. The molecule has 1 N–H and O–H groups in total. The number of carbonyl (C=O) groups is 1. The van der Waals surface area contributed by atoms with Crippen LogP contribution in [0.1, 0.15) is 35.9 Å². The highest BCUT2D eigenvalue weighted by molar-refractivity contribution is 7.15. The van der Waals surface area contributed by atoms with Gasteiger partial charge >= 0.3 is 6.18 Å².